The highest BCUT2D eigenvalue weighted by Crippen LogP contribution is 2.10. The lowest BCUT2D eigenvalue weighted by Crippen LogP contribution is -1.80. The first-order chi connectivity index (χ1) is 9.41. The van der Waals surface area contributed by atoms with Gasteiger partial charge in [-0.15, -0.1) is 0 Å². The zero-order valence-corrected chi connectivity index (χ0v) is 12.9. The van der Waals surface area contributed by atoms with Crippen molar-refractivity contribution in [1.29, 1.82) is 0 Å². The van der Waals surface area contributed by atoms with E-state index in [1.165, 1.54) is 64.2 Å². The van der Waals surface area contributed by atoms with E-state index in [-0.39, 0.29) is 0 Å². The third-order valence-electron chi connectivity index (χ3n) is 3.16. The van der Waals surface area contributed by atoms with Crippen molar-refractivity contribution in [2.75, 3.05) is 7.11 Å². The van der Waals surface area contributed by atoms with Gasteiger partial charge in [0.2, 0.25) is 0 Å². The molecule has 1 nitrogen and oxygen atoms in total. The Morgan fingerprint density at radius 3 is 1.89 bits per heavy atom. The molecule has 0 aliphatic heterocycles. The maximum Gasteiger partial charge on any atom is 0.0824 e. The Labute approximate surface area is 120 Å². The van der Waals surface area contributed by atoms with Crippen molar-refractivity contribution < 1.29 is 4.74 Å². The van der Waals surface area contributed by atoms with Crippen LogP contribution in [0, 0.1) is 0 Å². The van der Waals surface area contributed by atoms with Crippen LogP contribution in [0.4, 0.5) is 0 Å². The molecule has 0 aromatic rings. The Kier molecular flexibility index (Phi) is 16.1. The van der Waals surface area contributed by atoms with Crippen molar-refractivity contribution in [1.82, 2.24) is 0 Å². The average molecular weight is 264 g/mol. The topological polar surface area (TPSA) is 9.23 Å². The largest absolute Gasteiger partial charge is 0.504 e. The first kappa shape index (κ1) is 18.0. The number of ether oxygens (including phenoxy) is 1. The third kappa shape index (κ3) is 17.0. The molecule has 0 radical (unpaired) electrons. The smallest absolute Gasteiger partial charge is 0.0824 e. The second kappa shape index (κ2) is 17.0. The zero-order valence-electron chi connectivity index (χ0n) is 12.9. The lowest BCUT2D eigenvalue weighted by Gasteiger charge is -2.00. The molecule has 0 N–H and O–H groups in total. The minimum absolute atomic E-state index is 1.20. The van der Waals surface area contributed by atoms with Crippen molar-refractivity contribution in [3.63, 3.8) is 0 Å². The summed E-state index contributed by atoms with van der Waals surface area (Å²) < 4.78 is 4.80. The third-order valence-corrected chi connectivity index (χ3v) is 3.16. The molecular weight excluding hydrogens is 232 g/mol. The fraction of sp³-hybridized carbons (Fsp3) is 0.667. The number of hydrogen-bond donors (Lipinski definition) is 0. The Balaban J connectivity index is 3.16. The van der Waals surface area contributed by atoms with E-state index < -0.39 is 0 Å². The van der Waals surface area contributed by atoms with Crippen LogP contribution in [-0.2, 0) is 4.74 Å². The summed E-state index contributed by atoms with van der Waals surface area (Å²) >= 11 is 0. The highest BCUT2D eigenvalue weighted by molar-refractivity contribution is 5.09. The molecule has 19 heavy (non-hydrogen) atoms. The molecule has 0 amide bonds. The summed E-state index contributed by atoms with van der Waals surface area (Å²) in [5, 5.41) is 0. The molecule has 0 saturated heterocycles. The first-order valence-electron chi connectivity index (χ1n) is 7.93. The standard InChI is InChI=1S/C18H32O/c1-3-4-5-6-7-8-9-10-11-12-13-14-15-16-17-18-19-2/h13-18H,3-12H2,1-2H3/b14-13+,16-15+,18-17+. The maximum absolute atomic E-state index is 4.80. The van der Waals surface area contributed by atoms with E-state index in [0.29, 0.717) is 0 Å². The molecule has 110 valence electrons. The summed E-state index contributed by atoms with van der Waals surface area (Å²) in [7, 11) is 1.66. The molecule has 0 bridgehead atoms. The number of unbranched alkanes of at least 4 members (excludes halogenated alkanes) is 9. The van der Waals surface area contributed by atoms with Crippen LogP contribution in [0.5, 0.6) is 0 Å². The summed E-state index contributed by atoms with van der Waals surface area (Å²) in [6.07, 6.45) is 25.8. The summed E-state index contributed by atoms with van der Waals surface area (Å²) in [6.45, 7) is 2.27. The quantitative estimate of drug-likeness (QED) is 0.219. The van der Waals surface area contributed by atoms with E-state index in [1.54, 1.807) is 13.4 Å². The van der Waals surface area contributed by atoms with Crippen molar-refractivity contribution in [2.24, 2.45) is 0 Å². The average Bonchev–Trinajstić information content (AvgIpc) is 2.43. The lowest BCUT2D eigenvalue weighted by molar-refractivity contribution is 0.338. The van der Waals surface area contributed by atoms with Crippen LogP contribution >= 0.6 is 0 Å². The van der Waals surface area contributed by atoms with E-state index >= 15 is 0 Å². The van der Waals surface area contributed by atoms with Gasteiger partial charge in [0, 0.05) is 0 Å². The van der Waals surface area contributed by atoms with Gasteiger partial charge in [-0.25, -0.2) is 0 Å². The van der Waals surface area contributed by atoms with Crippen molar-refractivity contribution in [3.05, 3.63) is 36.6 Å². The lowest BCUT2D eigenvalue weighted by atomic mass is 10.1. The molecule has 1 heteroatoms. The Morgan fingerprint density at radius 2 is 1.26 bits per heavy atom. The summed E-state index contributed by atoms with van der Waals surface area (Å²) in [6, 6.07) is 0. The molecule has 0 aliphatic rings. The van der Waals surface area contributed by atoms with Gasteiger partial charge >= 0.3 is 0 Å². The predicted molar refractivity (Wildman–Crippen MR) is 86.3 cm³/mol. The molecule has 0 spiro atoms. The fourth-order valence-corrected chi connectivity index (χ4v) is 2.00. The molecule has 0 aromatic carbocycles. The van der Waals surface area contributed by atoms with E-state index in [4.69, 9.17) is 4.74 Å². The molecular formula is C18H32O. The van der Waals surface area contributed by atoms with E-state index in [1.807, 2.05) is 18.2 Å². The van der Waals surface area contributed by atoms with Crippen molar-refractivity contribution in [3.8, 4) is 0 Å². The van der Waals surface area contributed by atoms with Gasteiger partial charge in [0.05, 0.1) is 13.4 Å². The second-order valence-electron chi connectivity index (χ2n) is 4.99. The number of rotatable bonds is 13. The van der Waals surface area contributed by atoms with Gasteiger partial charge in [-0.2, -0.15) is 0 Å². The fourth-order valence-electron chi connectivity index (χ4n) is 2.00. The molecule has 0 heterocycles. The Bertz CT molecular complexity index is 238. The summed E-state index contributed by atoms with van der Waals surface area (Å²) in [5.74, 6) is 0. The predicted octanol–water partition coefficient (Wildman–Crippen LogP) is 6.18. The molecule has 0 atom stereocenters. The van der Waals surface area contributed by atoms with Crippen LogP contribution in [0.2, 0.25) is 0 Å². The van der Waals surface area contributed by atoms with E-state index in [0.717, 1.165) is 0 Å². The summed E-state index contributed by atoms with van der Waals surface area (Å²) in [4.78, 5) is 0. The molecule has 0 saturated carbocycles. The Hall–Kier alpha value is -0.980. The Morgan fingerprint density at radius 1 is 0.684 bits per heavy atom. The monoisotopic (exact) mass is 264 g/mol. The van der Waals surface area contributed by atoms with Gasteiger partial charge in [0.15, 0.2) is 0 Å². The zero-order chi connectivity index (χ0) is 14.0. The van der Waals surface area contributed by atoms with Crippen LogP contribution in [0.1, 0.15) is 71.1 Å². The van der Waals surface area contributed by atoms with Crippen LogP contribution in [0.15, 0.2) is 36.6 Å². The van der Waals surface area contributed by atoms with Crippen LogP contribution in [0.25, 0.3) is 0 Å². The van der Waals surface area contributed by atoms with Crippen molar-refractivity contribution in [2.45, 2.75) is 71.1 Å². The first-order valence-corrected chi connectivity index (χ1v) is 7.93. The molecule has 0 aromatic heterocycles. The van der Waals surface area contributed by atoms with Crippen molar-refractivity contribution >= 4 is 0 Å². The van der Waals surface area contributed by atoms with Crippen LogP contribution in [-0.4, -0.2) is 7.11 Å². The second-order valence-corrected chi connectivity index (χ2v) is 4.99. The minimum atomic E-state index is 1.20. The number of methoxy groups -OCH3 is 1. The molecule has 0 rings (SSSR count). The van der Waals surface area contributed by atoms with Gasteiger partial charge in [-0.3, -0.25) is 0 Å². The number of allylic oxidation sites excluding steroid dienone is 5. The molecule has 0 fully saturated rings. The highest BCUT2D eigenvalue weighted by atomic mass is 16.5. The SMILES string of the molecule is CCCCCCCCCCC/C=C/C=C/C=C/OC. The molecule has 0 aliphatic carbocycles. The van der Waals surface area contributed by atoms with Gasteiger partial charge in [-0.05, 0) is 18.9 Å². The number of hydrogen-bond acceptors (Lipinski definition) is 1. The van der Waals surface area contributed by atoms with Gasteiger partial charge < -0.3 is 4.74 Å². The van der Waals surface area contributed by atoms with Crippen LogP contribution < -0.4 is 0 Å². The van der Waals surface area contributed by atoms with E-state index in [9.17, 15) is 0 Å². The van der Waals surface area contributed by atoms with E-state index in [2.05, 4.69) is 19.1 Å². The summed E-state index contributed by atoms with van der Waals surface area (Å²) in [5.41, 5.74) is 0. The normalized spacial score (nSPS) is 12.1. The highest BCUT2D eigenvalue weighted by Gasteiger charge is 1.90. The minimum Gasteiger partial charge on any atom is -0.504 e. The maximum atomic E-state index is 4.80. The molecule has 0 unspecified atom stereocenters. The van der Waals surface area contributed by atoms with Gasteiger partial charge in [-0.1, -0.05) is 82.6 Å². The van der Waals surface area contributed by atoms with Gasteiger partial charge in [0.25, 0.3) is 0 Å². The van der Waals surface area contributed by atoms with Crippen LogP contribution in [0.3, 0.4) is 0 Å². The van der Waals surface area contributed by atoms with Gasteiger partial charge in [0.1, 0.15) is 0 Å².